The number of ether oxygens (including phenoxy) is 1. The molecule has 0 saturated carbocycles. The largest absolute Gasteiger partial charge is 0.438 e. The molecule has 10 aromatic rings. The van der Waals surface area contributed by atoms with E-state index < -0.39 is 0 Å². The molecule has 0 fully saturated rings. The first kappa shape index (κ1) is 24.8. The first-order valence-electron chi connectivity index (χ1n) is 15.8. The van der Waals surface area contributed by atoms with Crippen LogP contribution in [0.1, 0.15) is 0 Å². The molecule has 0 saturated heterocycles. The monoisotopic (exact) mass is 600 g/mol. The molecule has 1 aliphatic heterocycles. The zero-order valence-electron chi connectivity index (χ0n) is 25.1. The number of para-hydroxylation sites is 4. The van der Waals surface area contributed by atoms with Crippen LogP contribution in [0.3, 0.4) is 0 Å². The maximum atomic E-state index is 6.35. The molecular formula is C42H24N4O. The maximum absolute atomic E-state index is 6.35. The summed E-state index contributed by atoms with van der Waals surface area (Å²) in [7, 11) is 0. The number of pyridine rings is 2. The Kier molecular flexibility index (Phi) is 4.78. The molecule has 0 bridgehead atoms. The zero-order chi connectivity index (χ0) is 30.6. The maximum Gasteiger partial charge on any atom is 0.229 e. The Labute approximate surface area is 268 Å². The van der Waals surface area contributed by atoms with Crippen molar-refractivity contribution in [3.8, 4) is 34.3 Å². The van der Waals surface area contributed by atoms with Gasteiger partial charge in [0.25, 0.3) is 0 Å². The summed E-state index contributed by atoms with van der Waals surface area (Å²) in [6.07, 6.45) is 1.90. The van der Waals surface area contributed by atoms with Gasteiger partial charge in [-0.1, -0.05) is 78.9 Å². The van der Waals surface area contributed by atoms with Gasteiger partial charge in [0, 0.05) is 55.5 Å². The minimum atomic E-state index is 0.605. The molecular weight excluding hydrogens is 576 g/mol. The van der Waals surface area contributed by atoms with Crippen LogP contribution in [0.5, 0.6) is 11.6 Å². The highest BCUT2D eigenvalue weighted by Gasteiger charge is 2.25. The van der Waals surface area contributed by atoms with Crippen LogP contribution < -0.4 is 4.74 Å². The summed E-state index contributed by atoms with van der Waals surface area (Å²) in [4.78, 5) is 9.84. The van der Waals surface area contributed by atoms with Crippen molar-refractivity contribution in [3.63, 3.8) is 0 Å². The summed E-state index contributed by atoms with van der Waals surface area (Å²) in [5.41, 5.74) is 9.72. The van der Waals surface area contributed by atoms with Gasteiger partial charge in [0.2, 0.25) is 5.88 Å². The van der Waals surface area contributed by atoms with Gasteiger partial charge in [-0.05, 0) is 60.7 Å². The number of aromatic nitrogens is 4. The molecule has 0 N–H and O–H groups in total. The molecule has 1 aliphatic rings. The van der Waals surface area contributed by atoms with Gasteiger partial charge in [-0.2, -0.15) is 0 Å². The summed E-state index contributed by atoms with van der Waals surface area (Å²) in [6, 6.07) is 49.4. The van der Waals surface area contributed by atoms with Crippen molar-refractivity contribution in [2.75, 3.05) is 0 Å². The topological polar surface area (TPSA) is 44.9 Å². The van der Waals surface area contributed by atoms with E-state index in [2.05, 4.69) is 130 Å². The van der Waals surface area contributed by atoms with Crippen LogP contribution in [0, 0.1) is 0 Å². The van der Waals surface area contributed by atoms with Crippen molar-refractivity contribution in [1.82, 2.24) is 19.1 Å². The zero-order valence-corrected chi connectivity index (χ0v) is 25.1. The number of rotatable bonds is 2. The van der Waals surface area contributed by atoms with Crippen LogP contribution in [-0.4, -0.2) is 19.1 Å². The van der Waals surface area contributed by atoms with Crippen molar-refractivity contribution >= 4 is 65.3 Å². The number of fused-ring (bicyclic) bond motifs is 11. The van der Waals surface area contributed by atoms with Gasteiger partial charge in [0.1, 0.15) is 5.75 Å². The van der Waals surface area contributed by atoms with Crippen molar-refractivity contribution in [3.05, 3.63) is 146 Å². The smallest absolute Gasteiger partial charge is 0.229 e. The first-order valence-corrected chi connectivity index (χ1v) is 15.8. The lowest BCUT2D eigenvalue weighted by atomic mass is 9.99. The minimum absolute atomic E-state index is 0.605. The number of hydrogen-bond donors (Lipinski definition) is 0. The van der Waals surface area contributed by atoms with Crippen molar-refractivity contribution in [2.45, 2.75) is 0 Å². The predicted octanol–water partition coefficient (Wildman–Crippen LogP) is 10.7. The Morgan fingerprint density at radius 1 is 0.489 bits per heavy atom. The molecule has 0 spiro atoms. The number of benzene rings is 6. The first-order chi connectivity index (χ1) is 23.3. The number of hydrogen-bond acceptors (Lipinski definition) is 3. The van der Waals surface area contributed by atoms with E-state index in [1.165, 1.54) is 38.1 Å². The Morgan fingerprint density at radius 3 is 1.91 bits per heavy atom. The summed E-state index contributed by atoms with van der Waals surface area (Å²) < 4.78 is 11.2. The Morgan fingerprint density at radius 2 is 1.15 bits per heavy atom. The summed E-state index contributed by atoms with van der Waals surface area (Å²) in [5.74, 6) is 1.39. The lowest BCUT2D eigenvalue weighted by Crippen LogP contribution is -2.02. The second-order valence-electron chi connectivity index (χ2n) is 12.2. The van der Waals surface area contributed by atoms with E-state index in [0.717, 1.165) is 55.6 Å². The Balaban J connectivity index is 1.29. The van der Waals surface area contributed by atoms with E-state index in [1.54, 1.807) is 0 Å². The van der Waals surface area contributed by atoms with Gasteiger partial charge in [0.15, 0.2) is 0 Å². The van der Waals surface area contributed by atoms with Crippen LogP contribution in [0.2, 0.25) is 0 Å². The fraction of sp³-hybridized carbons (Fsp3) is 0. The van der Waals surface area contributed by atoms with Crippen LogP contribution in [0.15, 0.2) is 146 Å². The third-order valence-electron chi connectivity index (χ3n) is 9.75. The molecule has 0 aliphatic carbocycles. The fourth-order valence-electron chi connectivity index (χ4n) is 7.79. The molecule has 0 amide bonds. The third-order valence-corrected chi connectivity index (χ3v) is 9.75. The molecule has 6 aromatic carbocycles. The third kappa shape index (κ3) is 3.27. The Bertz CT molecular complexity index is 2940. The summed E-state index contributed by atoms with van der Waals surface area (Å²) >= 11 is 0. The summed E-state index contributed by atoms with van der Waals surface area (Å²) in [6.45, 7) is 0. The molecule has 47 heavy (non-hydrogen) atoms. The molecule has 0 unspecified atom stereocenters. The van der Waals surface area contributed by atoms with Crippen molar-refractivity contribution < 1.29 is 4.74 Å². The van der Waals surface area contributed by atoms with Gasteiger partial charge in [-0.3, -0.25) is 4.98 Å². The normalized spacial score (nSPS) is 12.4. The van der Waals surface area contributed by atoms with E-state index in [4.69, 9.17) is 14.7 Å². The lowest BCUT2D eigenvalue weighted by Gasteiger charge is -2.20. The molecule has 218 valence electrons. The Hall–Kier alpha value is -6.46. The van der Waals surface area contributed by atoms with Gasteiger partial charge in [-0.25, -0.2) is 4.98 Å². The van der Waals surface area contributed by atoms with Crippen LogP contribution in [0.25, 0.3) is 87.9 Å². The number of nitrogens with zero attached hydrogens (tertiary/aromatic N) is 4. The van der Waals surface area contributed by atoms with Crippen molar-refractivity contribution in [2.24, 2.45) is 0 Å². The standard InChI is InChI=1S/C42H24N4O/c1-2-10-25(11-3-1)45-35-15-7-4-12-27(35)30-19-20-31-28-13-5-8-16-36(28)46(41(31)40(30)45)26-18-21-34-33(24-26)29-22-23-43-39-32-14-6-9-17-37(32)47-42(44-34)38(29)39/h1-24H. The van der Waals surface area contributed by atoms with E-state index in [0.29, 0.717) is 5.88 Å². The molecule has 0 atom stereocenters. The minimum Gasteiger partial charge on any atom is -0.438 e. The molecule has 11 rings (SSSR count). The predicted molar refractivity (Wildman–Crippen MR) is 191 cm³/mol. The van der Waals surface area contributed by atoms with Gasteiger partial charge < -0.3 is 13.9 Å². The summed E-state index contributed by atoms with van der Waals surface area (Å²) in [5, 5.41) is 8.00. The molecule has 4 aromatic heterocycles. The fourth-order valence-corrected chi connectivity index (χ4v) is 7.79. The van der Waals surface area contributed by atoms with E-state index >= 15 is 0 Å². The second-order valence-corrected chi connectivity index (χ2v) is 12.2. The van der Waals surface area contributed by atoms with Crippen molar-refractivity contribution in [1.29, 1.82) is 0 Å². The van der Waals surface area contributed by atoms with E-state index in [9.17, 15) is 0 Å². The molecule has 0 radical (unpaired) electrons. The SMILES string of the molecule is c1ccc(-n2c3ccccc3c3ccc4c5ccccc5n(-c5ccc6nc7c8c(nccc8c6c5)-c5ccccc5O7)c4c32)cc1. The van der Waals surface area contributed by atoms with Gasteiger partial charge in [0.05, 0.1) is 38.7 Å². The van der Waals surface area contributed by atoms with Crippen LogP contribution in [-0.2, 0) is 0 Å². The molecule has 5 nitrogen and oxygen atoms in total. The van der Waals surface area contributed by atoms with Gasteiger partial charge >= 0.3 is 0 Å². The van der Waals surface area contributed by atoms with E-state index in [-0.39, 0.29) is 0 Å². The van der Waals surface area contributed by atoms with Gasteiger partial charge in [-0.15, -0.1) is 0 Å². The second kappa shape index (κ2) is 9.05. The van der Waals surface area contributed by atoms with Crippen LogP contribution in [0.4, 0.5) is 0 Å². The average molecular weight is 601 g/mol. The average Bonchev–Trinajstić information content (AvgIpc) is 3.65. The van der Waals surface area contributed by atoms with Crippen LogP contribution >= 0.6 is 0 Å². The quantitative estimate of drug-likeness (QED) is 0.185. The van der Waals surface area contributed by atoms with E-state index in [1.807, 2.05) is 24.4 Å². The lowest BCUT2D eigenvalue weighted by molar-refractivity contribution is 0.469. The highest BCUT2D eigenvalue weighted by atomic mass is 16.5. The highest BCUT2D eigenvalue weighted by molar-refractivity contribution is 6.24. The molecule has 5 heteroatoms. The molecule has 5 heterocycles. The highest BCUT2D eigenvalue weighted by Crippen LogP contribution is 2.47.